The lowest BCUT2D eigenvalue weighted by Crippen LogP contribution is -2.48. The van der Waals surface area contributed by atoms with E-state index in [9.17, 15) is 8.42 Å². The quantitative estimate of drug-likeness (QED) is 0.330. The van der Waals surface area contributed by atoms with Crippen LogP contribution in [0.5, 0.6) is 0 Å². The first-order chi connectivity index (χ1) is 9.73. The third kappa shape index (κ3) is 9.14. The van der Waals surface area contributed by atoms with Crippen LogP contribution in [-0.2, 0) is 9.84 Å². The summed E-state index contributed by atoms with van der Waals surface area (Å²) in [5.74, 6) is 1.72. The topological polar surface area (TPSA) is 73.8 Å². The molecule has 1 fully saturated rings. The number of sulfone groups is 1. The molecule has 0 radical (unpaired) electrons. The lowest BCUT2D eigenvalue weighted by molar-refractivity contribution is 0.264. The van der Waals surface area contributed by atoms with Gasteiger partial charge in [0.25, 0.3) is 0 Å². The van der Waals surface area contributed by atoms with Gasteiger partial charge in [-0.3, -0.25) is 4.99 Å². The number of nitrogens with zero attached hydrogens (tertiary/aromatic N) is 2. The van der Waals surface area contributed by atoms with Gasteiger partial charge in [-0.05, 0) is 46.2 Å². The molecule has 0 spiro atoms. The highest BCUT2D eigenvalue weighted by Crippen LogP contribution is 2.34. The molecule has 0 aromatic rings. The minimum Gasteiger partial charge on any atom is -0.355 e. The number of guanidine groups is 1. The summed E-state index contributed by atoms with van der Waals surface area (Å²) in [6, 6.07) is 0.597. The second kappa shape index (κ2) is 9.92. The SMILES string of the molecule is CN=C(NCC(C1CC1)N(C)C)NC(C)CCS(C)(=O)=O.I. The van der Waals surface area contributed by atoms with Crippen molar-refractivity contribution in [2.75, 3.05) is 39.7 Å². The van der Waals surface area contributed by atoms with E-state index in [1.165, 1.54) is 19.1 Å². The maximum absolute atomic E-state index is 11.2. The summed E-state index contributed by atoms with van der Waals surface area (Å²) in [5.41, 5.74) is 0. The Hall–Kier alpha value is -0.0900. The van der Waals surface area contributed by atoms with E-state index in [0.717, 1.165) is 18.4 Å². The first kappa shape index (κ1) is 21.9. The molecule has 1 saturated carbocycles. The molecular formula is C14H31IN4O2S. The van der Waals surface area contributed by atoms with Crippen LogP contribution >= 0.6 is 24.0 Å². The summed E-state index contributed by atoms with van der Waals surface area (Å²) in [7, 11) is 3.04. The summed E-state index contributed by atoms with van der Waals surface area (Å²) < 4.78 is 22.4. The van der Waals surface area contributed by atoms with E-state index in [1.54, 1.807) is 7.05 Å². The van der Waals surface area contributed by atoms with E-state index < -0.39 is 9.84 Å². The fourth-order valence-corrected chi connectivity index (χ4v) is 3.13. The van der Waals surface area contributed by atoms with E-state index in [1.807, 2.05) is 6.92 Å². The summed E-state index contributed by atoms with van der Waals surface area (Å²) in [4.78, 5) is 6.46. The molecule has 6 nitrogen and oxygen atoms in total. The molecule has 0 bridgehead atoms. The standard InChI is InChI=1S/C14H30N4O2S.HI/c1-11(8-9-21(5,19)20)17-14(15-2)16-10-13(18(3)4)12-6-7-12;/h11-13H,6-10H2,1-5H3,(H2,15,16,17);1H. The molecule has 0 saturated heterocycles. The molecule has 1 aliphatic rings. The monoisotopic (exact) mass is 446 g/mol. The minimum atomic E-state index is -2.91. The molecule has 0 amide bonds. The Morgan fingerprint density at radius 3 is 2.36 bits per heavy atom. The molecule has 0 heterocycles. The van der Waals surface area contributed by atoms with Gasteiger partial charge in [-0.15, -0.1) is 24.0 Å². The fraction of sp³-hybridized carbons (Fsp3) is 0.929. The smallest absolute Gasteiger partial charge is 0.191 e. The Morgan fingerprint density at radius 1 is 1.36 bits per heavy atom. The van der Waals surface area contributed by atoms with Gasteiger partial charge in [-0.25, -0.2) is 8.42 Å². The Labute approximate surface area is 152 Å². The van der Waals surface area contributed by atoms with Gasteiger partial charge >= 0.3 is 0 Å². The first-order valence-corrected chi connectivity index (χ1v) is 9.60. The maximum atomic E-state index is 11.2. The van der Waals surface area contributed by atoms with Crippen molar-refractivity contribution in [3.05, 3.63) is 0 Å². The molecule has 22 heavy (non-hydrogen) atoms. The number of likely N-dealkylation sites (N-methyl/N-ethyl adjacent to an activating group) is 1. The van der Waals surface area contributed by atoms with Gasteiger partial charge in [-0.2, -0.15) is 0 Å². The van der Waals surface area contributed by atoms with Crippen LogP contribution in [0.15, 0.2) is 4.99 Å². The number of hydrogen-bond donors (Lipinski definition) is 2. The van der Waals surface area contributed by atoms with Gasteiger partial charge < -0.3 is 15.5 Å². The largest absolute Gasteiger partial charge is 0.355 e. The Bertz CT molecular complexity index is 448. The summed E-state index contributed by atoms with van der Waals surface area (Å²) in [5, 5.41) is 6.60. The van der Waals surface area contributed by atoms with Gasteiger partial charge in [0.2, 0.25) is 0 Å². The molecule has 0 aliphatic heterocycles. The zero-order valence-corrected chi connectivity index (χ0v) is 17.4. The van der Waals surface area contributed by atoms with Crippen molar-refractivity contribution < 1.29 is 8.42 Å². The third-order valence-corrected chi connectivity index (χ3v) is 4.81. The van der Waals surface area contributed by atoms with Crippen molar-refractivity contribution in [1.29, 1.82) is 0 Å². The van der Waals surface area contributed by atoms with E-state index in [2.05, 4.69) is 34.6 Å². The van der Waals surface area contributed by atoms with Crippen LogP contribution < -0.4 is 10.6 Å². The number of rotatable bonds is 8. The maximum Gasteiger partial charge on any atom is 0.191 e. The molecule has 0 aromatic heterocycles. The minimum absolute atomic E-state index is 0. The predicted molar refractivity (Wildman–Crippen MR) is 104 cm³/mol. The van der Waals surface area contributed by atoms with E-state index in [4.69, 9.17) is 0 Å². The molecule has 2 unspecified atom stereocenters. The van der Waals surface area contributed by atoms with Crippen LogP contribution in [0.3, 0.4) is 0 Å². The normalized spacial score (nSPS) is 18.5. The average molecular weight is 446 g/mol. The number of nitrogens with one attached hydrogen (secondary N) is 2. The number of aliphatic imine (C=N–C) groups is 1. The van der Waals surface area contributed by atoms with Crippen molar-refractivity contribution in [3.63, 3.8) is 0 Å². The highest BCUT2D eigenvalue weighted by atomic mass is 127. The van der Waals surface area contributed by atoms with Crippen molar-refractivity contribution in [1.82, 2.24) is 15.5 Å². The number of halogens is 1. The zero-order valence-electron chi connectivity index (χ0n) is 14.3. The van der Waals surface area contributed by atoms with Crippen LogP contribution in [0.25, 0.3) is 0 Å². The molecule has 132 valence electrons. The van der Waals surface area contributed by atoms with Crippen LogP contribution in [0.4, 0.5) is 0 Å². The Balaban J connectivity index is 0.00000441. The van der Waals surface area contributed by atoms with Gasteiger partial charge in [0.15, 0.2) is 5.96 Å². The van der Waals surface area contributed by atoms with Gasteiger partial charge in [0.05, 0.1) is 5.75 Å². The molecule has 1 rings (SSSR count). The third-order valence-electron chi connectivity index (χ3n) is 3.84. The zero-order chi connectivity index (χ0) is 16.0. The van der Waals surface area contributed by atoms with Gasteiger partial charge in [-0.1, -0.05) is 0 Å². The molecule has 2 N–H and O–H groups in total. The first-order valence-electron chi connectivity index (χ1n) is 7.54. The van der Waals surface area contributed by atoms with Crippen molar-refractivity contribution >= 4 is 39.8 Å². The lowest BCUT2D eigenvalue weighted by atomic mass is 10.1. The van der Waals surface area contributed by atoms with Crippen molar-refractivity contribution in [2.45, 2.75) is 38.3 Å². The van der Waals surface area contributed by atoms with Crippen LogP contribution in [0.2, 0.25) is 0 Å². The molecule has 1 aliphatic carbocycles. The Morgan fingerprint density at radius 2 is 1.95 bits per heavy atom. The second-order valence-electron chi connectivity index (χ2n) is 6.29. The van der Waals surface area contributed by atoms with E-state index >= 15 is 0 Å². The fourth-order valence-electron chi connectivity index (χ4n) is 2.34. The predicted octanol–water partition coefficient (Wildman–Crippen LogP) is 0.933. The number of hydrogen-bond acceptors (Lipinski definition) is 4. The highest BCUT2D eigenvalue weighted by molar-refractivity contribution is 14.0. The van der Waals surface area contributed by atoms with Crippen molar-refractivity contribution in [2.24, 2.45) is 10.9 Å². The molecular weight excluding hydrogens is 415 g/mol. The van der Waals surface area contributed by atoms with Crippen LogP contribution in [-0.4, -0.2) is 71.1 Å². The summed E-state index contributed by atoms with van der Waals surface area (Å²) in [6.45, 7) is 2.83. The molecule has 2 atom stereocenters. The molecule has 8 heteroatoms. The van der Waals surface area contributed by atoms with E-state index in [-0.39, 0.29) is 35.8 Å². The second-order valence-corrected chi connectivity index (χ2v) is 8.55. The average Bonchev–Trinajstić information content (AvgIpc) is 3.18. The van der Waals surface area contributed by atoms with Gasteiger partial charge in [0.1, 0.15) is 9.84 Å². The Kier molecular flexibility index (Phi) is 9.88. The summed E-state index contributed by atoms with van der Waals surface area (Å²) >= 11 is 0. The summed E-state index contributed by atoms with van der Waals surface area (Å²) in [6.07, 6.45) is 4.46. The van der Waals surface area contributed by atoms with Crippen molar-refractivity contribution in [3.8, 4) is 0 Å². The van der Waals surface area contributed by atoms with Crippen LogP contribution in [0.1, 0.15) is 26.2 Å². The molecule has 0 aromatic carbocycles. The van der Waals surface area contributed by atoms with E-state index in [0.29, 0.717) is 12.5 Å². The lowest BCUT2D eigenvalue weighted by Gasteiger charge is -2.26. The highest BCUT2D eigenvalue weighted by Gasteiger charge is 2.32. The van der Waals surface area contributed by atoms with Crippen LogP contribution in [0, 0.1) is 5.92 Å². The van der Waals surface area contributed by atoms with Gasteiger partial charge in [0, 0.05) is 31.9 Å².